The number of likely N-dealkylation sites (N-methyl/N-ethyl adjacent to an activating group) is 1. The lowest BCUT2D eigenvalue weighted by Gasteiger charge is -2.34. The van der Waals surface area contributed by atoms with E-state index < -0.39 is 26.0 Å². The SMILES string of the molecule is CC[C@@H]1CCCCN1S(=O)(=O)c1cc(C(=O)Nc2ccc(S(=O)(=O)N3CCN(C)CC3)cc2)ccc1OC. The van der Waals surface area contributed by atoms with Crippen LogP contribution in [0.5, 0.6) is 5.75 Å². The van der Waals surface area contributed by atoms with Gasteiger partial charge in [-0.1, -0.05) is 13.3 Å². The molecule has 12 heteroatoms. The van der Waals surface area contributed by atoms with E-state index in [4.69, 9.17) is 4.74 Å². The maximum atomic E-state index is 13.6. The maximum Gasteiger partial charge on any atom is 0.255 e. The number of piperazine rings is 1. The van der Waals surface area contributed by atoms with E-state index >= 15 is 0 Å². The lowest BCUT2D eigenvalue weighted by Crippen LogP contribution is -2.46. The number of nitrogens with one attached hydrogen (secondary N) is 1. The Balaban J connectivity index is 1.53. The molecule has 2 aliphatic rings. The first-order valence-corrected chi connectivity index (χ1v) is 15.8. The zero-order valence-corrected chi connectivity index (χ0v) is 23.7. The Labute approximate surface area is 225 Å². The highest BCUT2D eigenvalue weighted by molar-refractivity contribution is 7.89. The smallest absolute Gasteiger partial charge is 0.255 e. The molecule has 1 atom stereocenters. The second-order valence-corrected chi connectivity index (χ2v) is 13.5. The van der Waals surface area contributed by atoms with Crippen LogP contribution in [0, 0.1) is 0 Å². The van der Waals surface area contributed by atoms with Crippen molar-refractivity contribution in [1.82, 2.24) is 13.5 Å². The van der Waals surface area contributed by atoms with Crippen LogP contribution < -0.4 is 10.1 Å². The summed E-state index contributed by atoms with van der Waals surface area (Å²) in [6.45, 7) is 4.60. The quantitative estimate of drug-likeness (QED) is 0.524. The molecule has 0 radical (unpaired) electrons. The molecular formula is C26H36N4O6S2. The van der Waals surface area contributed by atoms with Gasteiger partial charge in [0.15, 0.2) is 0 Å². The molecular weight excluding hydrogens is 528 g/mol. The van der Waals surface area contributed by atoms with Crippen molar-refractivity contribution in [3.05, 3.63) is 48.0 Å². The van der Waals surface area contributed by atoms with Crippen molar-refractivity contribution < 1.29 is 26.4 Å². The topological polar surface area (TPSA) is 116 Å². The summed E-state index contributed by atoms with van der Waals surface area (Å²) in [5.41, 5.74) is 0.554. The van der Waals surface area contributed by atoms with Crippen LogP contribution in [0.25, 0.3) is 0 Å². The minimum atomic E-state index is -3.88. The summed E-state index contributed by atoms with van der Waals surface area (Å²) in [6.07, 6.45) is 3.29. The van der Waals surface area contributed by atoms with Crippen LogP contribution in [0.15, 0.2) is 52.3 Å². The number of piperidine rings is 1. The Bertz CT molecular complexity index is 1350. The third-order valence-corrected chi connectivity index (χ3v) is 11.2. The van der Waals surface area contributed by atoms with Crippen molar-refractivity contribution in [2.24, 2.45) is 0 Å². The van der Waals surface area contributed by atoms with Gasteiger partial charge in [-0.25, -0.2) is 16.8 Å². The van der Waals surface area contributed by atoms with Crippen LogP contribution in [0.3, 0.4) is 0 Å². The second-order valence-electron chi connectivity index (χ2n) is 9.73. The van der Waals surface area contributed by atoms with Crippen molar-refractivity contribution in [3.63, 3.8) is 0 Å². The molecule has 2 aromatic rings. The summed E-state index contributed by atoms with van der Waals surface area (Å²) in [5.74, 6) is -0.329. The van der Waals surface area contributed by atoms with Crippen LogP contribution in [0.4, 0.5) is 5.69 Å². The average Bonchev–Trinajstić information content (AvgIpc) is 2.93. The molecule has 4 rings (SSSR count). The fourth-order valence-electron chi connectivity index (χ4n) is 4.94. The minimum Gasteiger partial charge on any atom is -0.495 e. The molecule has 0 aromatic heterocycles. The largest absolute Gasteiger partial charge is 0.495 e. The van der Waals surface area contributed by atoms with Gasteiger partial charge in [0.05, 0.1) is 12.0 Å². The molecule has 0 saturated carbocycles. The van der Waals surface area contributed by atoms with Gasteiger partial charge in [-0.2, -0.15) is 8.61 Å². The van der Waals surface area contributed by atoms with Crippen molar-refractivity contribution in [2.75, 3.05) is 52.2 Å². The molecule has 0 aliphatic carbocycles. The Hall–Kier alpha value is -2.51. The standard InChI is InChI=1S/C26H36N4O6S2/c1-4-22-7-5-6-14-30(22)38(34,35)25-19-20(8-13-24(25)36-3)26(31)27-21-9-11-23(12-10-21)37(32,33)29-17-15-28(2)16-18-29/h8-13,19,22H,4-7,14-18H2,1-3H3,(H,27,31)/t22-/m1/s1. The Kier molecular flexibility index (Phi) is 8.78. The van der Waals surface area contributed by atoms with Gasteiger partial charge in [-0.15, -0.1) is 0 Å². The number of anilines is 1. The van der Waals surface area contributed by atoms with Crippen molar-refractivity contribution >= 4 is 31.6 Å². The van der Waals surface area contributed by atoms with Gasteiger partial charge in [0.2, 0.25) is 20.0 Å². The zero-order chi connectivity index (χ0) is 27.5. The number of carbonyl (C=O) groups is 1. The van der Waals surface area contributed by atoms with Gasteiger partial charge in [0, 0.05) is 50.0 Å². The first-order valence-electron chi connectivity index (χ1n) is 12.9. The predicted octanol–water partition coefficient (Wildman–Crippen LogP) is 2.84. The van der Waals surface area contributed by atoms with E-state index in [0.29, 0.717) is 44.8 Å². The molecule has 38 heavy (non-hydrogen) atoms. The molecule has 10 nitrogen and oxygen atoms in total. The van der Waals surface area contributed by atoms with Gasteiger partial charge in [0.25, 0.3) is 5.91 Å². The summed E-state index contributed by atoms with van der Waals surface area (Å²) in [7, 11) is -4.14. The molecule has 0 spiro atoms. The minimum absolute atomic E-state index is 0.0402. The normalized spacial score (nSPS) is 20.2. The number of rotatable bonds is 8. The zero-order valence-electron chi connectivity index (χ0n) is 22.1. The Morgan fingerprint density at radius 1 is 0.947 bits per heavy atom. The molecule has 1 N–H and O–H groups in total. The highest BCUT2D eigenvalue weighted by Crippen LogP contribution is 2.33. The number of methoxy groups -OCH3 is 1. The van der Waals surface area contributed by atoms with Crippen molar-refractivity contribution in [1.29, 1.82) is 0 Å². The Morgan fingerprint density at radius 3 is 2.26 bits per heavy atom. The first kappa shape index (κ1) is 28.5. The number of carbonyl (C=O) groups excluding carboxylic acids is 1. The lowest BCUT2D eigenvalue weighted by atomic mass is 10.0. The van der Waals surface area contributed by atoms with Crippen LogP contribution in [0.2, 0.25) is 0 Å². The maximum absolute atomic E-state index is 13.6. The fraction of sp³-hybridized carbons (Fsp3) is 0.500. The third-order valence-electron chi connectivity index (χ3n) is 7.27. The van der Waals surface area contributed by atoms with E-state index in [1.807, 2.05) is 14.0 Å². The molecule has 2 saturated heterocycles. The number of hydrogen-bond acceptors (Lipinski definition) is 7. The second kappa shape index (κ2) is 11.7. The predicted molar refractivity (Wildman–Crippen MR) is 145 cm³/mol. The molecule has 0 unspecified atom stereocenters. The van der Waals surface area contributed by atoms with Crippen molar-refractivity contribution in [2.45, 2.75) is 48.4 Å². The third kappa shape index (κ3) is 5.89. The van der Waals surface area contributed by atoms with Gasteiger partial charge in [0.1, 0.15) is 10.6 Å². The molecule has 2 fully saturated rings. The van der Waals surface area contributed by atoms with E-state index in [1.165, 1.54) is 58.2 Å². The molecule has 0 bridgehead atoms. The van der Waals surface area contributed by atoms with Crippen LogP contribution in [-0.4, -0.2) is 89.2 Å². The number of benzene rings is 2. The number of nitrogens with zero attached hydrogens (tertiary/aromatic N) is 3. The van der Waals surface area contributed by atoms with Crippen LogP contribution in [0.1, 0.15) is 43.0 Å². The van der Waals surface area contributed by atoms with Crippen LogP contribution >= 0.6 is 0 Å². The fourth-order valence-corrected chi connectivity index (χ4v) is 8.31. The summed E-state index contributed by atoms with van der Waals surface area (Å²) < 4.78 is 61.5. The number of ether oxygens (including phenoxy) is 1. The monoisotopic (exact) mass is 564 g/mol. The highest BCUT2D eigenvalue weighted by Gasteiger charge is 2.35. The lowest BCUT2D eigenvalue weighted by molar-refractivity contribution is 0.102. The average molecular weight is 565 g/mol. The van der Waals surface area contributed by atoms with Crippen molar-refractivity contribution in [3.8, 4) is 5.75 Å². The molecule has 2 aliphatic heterocycles. The Morgan fingerprint density at radius 2 is 1.63 bits per heavy atom. The molecule has 1 amide bonds. The number of amides is 1. The molecule has 2 aromatic carbocycles. The molecule has 2 heterocycles. The van der Waals surface area contributed by atoms with Gasteiger partial charge in [-0.3, -0.25) is 4.79 Å². The van der Waals surface area contributed by atoms with Gasteiger partial charge >= 0.3 is 0 Å². The summed E-state index contributed by atoms with van der Waals surface area (Å²) >= 11 is 0. The highest BCUT2D eigenvalue weighted by atomic mass is 32.2. The van der Waals surface area contributed by atoms with E-state index in [0.717, 1.165) is 19.3 Å². The first-order chi connectivity index (χ1) is 18.1. The van der Waals surface area contributed by atoms with Gasteiger partial charge < -0.3 is 15.0 Å². The van der Waals surface area contributed by atoms with E-state index in [2.05, 4.69) is 10.2 Å². The van der Waals surface area contributed by atoms with E-state index in [9.17, 15) is 21.6 Å². The summed E-state index contributed by atoms with van der Waals surface area (Å²) in [4.78, 5) is 15.3. The van der Waals surface area contributed by atoms with E-state index in [1.54, 1.807) is 0 Å². The van der Waals surface area contributed by atoms with E-state index in [-0.39, 0.29) is 27.1 Å². The molecule has 208 valence electrons. The van der Waals surface area contributed by atoms with Crippen LogP contribution in [-0.2, 0) is 20.0 Å². The number of hydrogen-bond donors (Lipinski definition) is 1. The number of sulfonamides is 2. The summed E-state index contributed by atoms with van der Waals surface area (Å²) in [6, 6.07) is 10.2. The van der Waals surface area contributed by atoms with Gasteiger partial charge in [-0.05, 0) is 68.8 Å². The summed E-state index contributed by atoms with van der Waals surface area (Å²) in [5, 5.41) is 2.73.